The van der Waals surface area contributed by atoms with Gasteiger partial charge < -0.3 is 9.47 Å². The molecule has 1 aliphatic rings. The maximum Gasteiger partial charge on any atom is 0.411 e. The third kappa shape index (κ3) is 4.03. The molecule has 0 N–H and O–H groups in total. The van der Waals surface area contributed by atoms with Crippen LogP contribution in [0.15, 0.2) is 42.5 Å². The maximum atomic E-state index is 13.0. The lowest BCUT2D eigenvalue weighted by molar-refractivity contribution is -0.145. The summed E-state index contributed by atoms with van der Waals surface area (Å²) >= 11 is 0. The van der Waals surface area contributed by atoms with E-state index in [0.717, 1.165) is 22.3 Å². The molecule has 2 unspecified atom stereocenters. The highest BCUT2D eigenvalue weighted by molar-refractivity contribution is 5.82. The van der Waals surface area contributed by atoms with Crippen molar-refractivity contribution in [1.29, 1.82) is 0 Å². The van der Waals surface area contributed by atoms with Gasteiger partial charge in [0.15, 0.2) is 0 Å². The Kier molecular flexibility index (Phi) is 6.02. The van der Waals surface area contributed by atoms with Crippen molar-refractivity contribution in [2.75, 3.05) is 7.11 Å². The molecule has 2 atom stereocenters. The van der Waals surface area contributed by atoms with Gasteiger partial charge >= 0.3 is 12.1 Å². The molecule has 0 saturated carbocycles. The zero-order valence-electron chi connectivity index (χ0n) is 16.9. The Balaban J connectivity index is 1.89. The van der Waals surface area contributed by atoms with E-state index in [1.54, 1.807) is 4.90 Å². The first-order chi connectivity index (χ1) is 13.4. The van der Waals surface area contributed by atoms with Crippen LogP contribution in [0.2, 0.25) is 0 Å². The monoisotopic (exact) mass is 381 g/mol. The van der Waals surface area contributed by atoms with E-state index >= 15 is 0 Å². The lowest BCUT2D eigenvalue weighted by atomic mass is 9.93. The van der Waals surface area contributed by atoms with E-state index in [9.17, 15) is 9.59 Å². The Hall–Kier alpha value is -2.82. The second-order valence-electron chi connectivity index (χ2n) is 7.39. The second kappa shape index (κ2) is 8.46. The van der Waals surface area contributed by atoms with Crippen molar-refractivity contribution >= 4 is 12.1 Å². The van der Waals surface area contributed by atoms with Crippen molar-refractivity contribution in [1.82, 2.24) is 4.90 Å². The van der Waals surface area contributed by atoms with E-state index in [-0.39, 0.29) is 12.6 Å². The number of benzene rings is 2. The molecule has 0 radical (unpaired) electrons. The summed E-state index contributed by atoms with van der Waals surface area (Å²) in [7, 11) is 1.35. The van der Waals surface area contributed by atoms with Crippen LogP contribution in [0.1, 0.15) is 46.7 Å². The number of hydrogen-bond donors (Lipinski definition) is 0. The molecule has 1 saturated heterocycles. The molecule has 2 aromatic carbocycles. The van der Waals surface area contributed by atoms with Crippen LogP contribution in [-0.4, -0.2) is 30.1 Å². The molecule has 3 rings (SSSR count). The SMILES string of the molecule is COC(=O)C1CCC(c2c(C)cc(C)cc2C)N1C(=O)OCc1ccccc1. The first-order valence-electron chi connectivity index (χ1n) is 9.57. The van der Waals surface area contributed by atoms with Gasteiger partial charge in [-0.3, -0.25) is 4.90 Å². The van der Waals surface area contributed by atoms with Crippen LogP contribution in [0.5, 0.6) is 0 Å². The summed E-state index contributed by atoms with van der Waals surface area (Å²) in [6.07, 6.45) is 0.774. The van der Waals surface area contributed by atoms with Gasteiger partial charge in [-0.05, 0) is 55.9 Å². The van der Waals surface area contributed by atoms with Crippen LogP contribution in [0.3, 0.4) is 0 Å². The summed E-state index contributed by atoms with van der Waals surface area (Å²) in [6.45, 7) is 6.33. The van der Waals surface area contributed by atoms with E-state index < -0.39 is 18.1 Å². The van der Waals surface area contributed by atoms with E-state index in [0.29, 0.717) is 12.8 Å². The summed E-state index contributed by atoms with van der Waals surface area (Å²) in [4.78, 5) is 26.9. The molecule has 1 fully saturated rings. The van der Waals surface area contributed by atoms with Crippen molar-refractivity contribution in [3.05, 3.63) is 70.3 Å². The normalized spacial score (nSPS) is 18.8. The van der Waals surface area contributed by atoms with Gasteiger partial charge in [0, 0.05) is 0 Å². The lowest BCUT2D eigenvalue weighted by Crippen LogP contribution is -2.43. The van der Waals surface area contributed by atoms with Gasteiger partial charge in [-0.15, -0.1) is 0 Å². The van der Waals surface area contributed by atoms with E-state index in [2.05, 4.69) is 19.1 Å². The minimum Gasteiger partial charge on any atom is -0.467 e. The van der Waals surface area contributed by atoms with Crippen molar-refractivity contribution in [2.45, 2.75) is 52.3 Å². The van der Waals surface area contributed by atoms with Gasteiger partial charge in [0.2, 0.25) is 0 Å². The number of methoxy groups -OCH3 is 1. The summed E-state index contributed by atoms with van der Waals surface area (Å²) in [5.41, 5.74) is 5.42. The van der Waals surface area contributed by atoms with Crippen molar-refractivity contribution in [3.8, 4) is 0 Å². The van der Waals surface area contributed by atoms with E-state index in [4.69, 9.17) is 9.47 Å². The van der Waals surface area contributed by atoms with Crippen LogP contribution in [-0.2, 0) is 20.9 Å². The zero-order chi connectivity index (χ0) is 20.3. The molecular formula is C23H27NO4. The third-order valence-electron chi connectivity index (χ3n) is 5.35. The molecule has 2 aromatic rings. The first-order valence-corrected chi connectivity index (χ1v) is 9.57. The fraction of sp³-hybridized carbons (Fsp3) is 0.391. The fourth-order valence-corrected chi connectivity index (χ4v) is 4.23. The molecule has 5 heteroatoms. The minimum absolute atomic E-state index is 0.169. The average molecular weight is 381 g/mol. The van der Waals surface area contributed by atoms with Gasteiger partial charge in [-0.2, -0.15) is 0 Å². The topological polar surface area (TPSA) is 55.8 Å². The molecular weight excluding hydrogens is 354 g/mol. The number of ether oxygens (including phenoxy) is 2. The third-order valence-corrected chi connectivity index (χ3v) is 5.35. The predicted molar refractivity (Wildman–Crippen MR) is 107 cm³/mol. The number of rotatable bonds is 4. The lowest BCUT2D eigenvalue weighted by Gasteiger charge is -2.30. The van der Waals surface area contributed by atoms with Crippen molar-refractivity contribution in [3.63, 3.8) is 0 Å². The van der Waals surface area contributed by atoms with Crippen molar-refractivity contribution in [2.24, 2.45) is 0 Å². The summed E-state index contributed by atoms with van der Waals surface area (Å²) in [6, 6.07) is 12.9. The summed E-state index contributed by atoms with van der Waals surface area (Å²) in [5.74, 6) is -0.401. The summed E-state index contributed by atoms with van der Waals surface area (Å²) in [5, 5.41) is 0. The second-order valence-corrected chi connectivity index (χ2v) is 7.39. The quantitative estimate of drug-likeness (QED) is 0.725. The average Bonchev–Trinajstić information content (AvgIpc) is 3.10. The molecule has 1 aliphatic heterocycles. The maximum absolute atomic E-state index is 13.0. The first kappa shape index (κ1) is 19.9. The van der Waals surface area contributed by atoms with E-state index in [1.165, 1.54) is 12.7 Å². The molecule has 0 bridgehead atoms. The Labute approximate surface area is 166 Å². The van der Waals surface area contributed by atoms with Crippen LogP contribution in [0, 0.1) is 20.8 Å². The number of nitrogens with zero attached hydrogens (tertiary/aromatic N) is 1. The molecule has 28 heavy (non-hydrogen) atoms. The standard InChI is InChI=1S/C23H27NO4/c1-15-12-16(2)21(17(3)13-15)19-10-11-20(22(25)27-4)24(19)23(26)28-14-18-8-6-5-7-9-18/h5-9,12-13,19-20H,10-11,14H2,1-4H3. The van der Waals surface area contributed by atoms with Crippen LogP contribution >= 0.6 is 0 Å². The van der Waals surface area contributed by atoms with Gasteiger partial charge in [0.1, 0.15) is 12.6 Å². The van der Waals surface area contributed by atoms with Crippen LogP contribution < -0.4 is 0 Å². The minimum atomic E-state index is -0.627. The molecule has 0 aliphatic carbocycles. The number of carbonyl (C=O) groups is 2. The molecule has 0 spiro atoms. The number of carbonyl (C=O) groups excluding carboxylic acids is 2. The van der Waals surface area contributed by atoms with Crippen LogP contribution in [0.25, 0.3) is 0 Å². The van der Waals surface area contributed by atoms with Gasteiger partial charge in [-0.25, -0.2) is 9.59 Å². The van der Waals surface area contributed by atoms with Gasteiger partial charge in [0.05, 0.1) is 13.2 Å². The largest absolute Gasteiger partial charge is 0.467 e. The van der Waals surface area contributed by atoms with Crippen LogP contribution in [0.4, 0.5) is 4.79 Å². The number of esters is 1. The Morgan fingerprint density at radius 2 is 1.68 bits per heavy atom. The van der Waals surface area contributed by atoms with Gasteiger partial charge in [0.25, 0.3) is 0 Å². The number of likely N-dealkylation sites (tertiary alicyclic amines) is 1. The molecule has 1 heterocycles. The zero-order valence-corrected chi connectivity index (χ0v) is 16.9. The molecule has 5 nitrogen and oxygen atoms in total. The molecule has 1 amide bonds. The van der Waals surface area contributed by atoms with Gasteiger partial charge in [-0.1, -0.05) is 48.0 Å². The fourth-order valence-electron chi connectivity index (χ4n) is 4.23. The Morgan fingerprint density at radius 3 is 2.29 bits per heavy atom. The van der Waals surface area contributed by atoms with Crippen molar-refractivity contribution < 1.29 is 19.1 Å². The molecule has 0 aromatic heterocycles. The predicted octanol–water partition coefficient (Wildman–Crippen LogP) is 4.63. The number of aryl methyl sites for hydroxylation is 3. The highest BCUT2D eigenvalue weighted by atomic mass is 16.6. The number of amides is 1. The highest BCUT2D eigenvalue weighted by Crippen LogP contribution is 2.40. The Bertz CT molecular complexity index is 839. The smallest absolute Gasteiger partial charge is 0.411 e. The molecule has 148 valence electrons. The summed E-state index contributed by atoms with van der Waals surface area (Å²) < 4.78 is 10.5. The van der Waals surface area contributed by atoms with E-state index in [1.807, 2.05) is 44.2 Å². The Morgan fingerprint density at radius 1 is 1.04 bits per heavy atom. The highest BCUT2D eigenvalue weighted by Gasteiger charge is 2.44. The number of hydrogen-bond acceptors (Lipinski definition) is 4.